The van der Waals surface area contributed by atoms with Gasteiger partial charge in [-0.05, 0) is 19.4 Å². The van der Waals surface area contributed by atoms with Crippen LogP contribution in [0, 0.1) is 11.3 Å². The van der Waals surface area contributed by atoms with Crippen molar-refractivity contribution in [1.29, 1.82) is 5.26 Å². The first-order chi connectivity index (χ1) is 4.66. The summed E-state index contributed by atoms with van der Waals surface area (Å²) in [5, 5.41) is 8.42. The van der Waals surface area contributed by atoms with Gasteiger partial charge in [0.2, 0.25) is 0 Å². The number of hydrogen-bond acceptors (Lipinski definition) is 2. The van der Waals surface area contributed by atoms with Gasteiger partial charge in [0.1, 0.15) is 11.6 Å². The molecule has 0 spiro atoms. The van der Waals surface area contributed by atoms with Crippen LogP contribution in [0.4, 0.5) is 0 Å². The van der Waals surface area contributed by atoms with Crippen molar-refractivity contribution in [3.63, 3.8) is 0 Å². The maximum absolute atomic E-state index is 10.8. The van der Waals surface area contributed by atoms with Gasteiger partial charge >= 0.3 is 0 Å². The van der Waals surface area contributed by atoms with E-state index in [2.05, 4.69) is 4.99 Å². The number of nitriles is 1. The molecule has 0 aromatic heterocycles. The van der Waals surface area contributed by atoms with Crippen LogP contribution < -0.4 is 0 Å². The number of carbonyl (C=O) groups is 1. The predicted molar refractivity (Wildman–Crippen MR) is 36.4 cm³/mol. The Labute approximate surface area is 58.7 Å². The number of nitrogens with zero attached hydrogens (tertiary/aromatic N) is 2. The fourth-order valence-corrected chi connectivity index (χ4v) is 0.765. The first-order valence-corrected chi connectivity index (χ1v) is 2.87. The Hall–Kier alpha value is -1.43. The summed E-state index contributed by atoms with van der Waals surface area (Å²) in [4.78, 5) is 14.4. The Balaban J connectivity index is 3.19. The molecule has 0 atom stereocenters. The molecule has 1 amide bonds. The van der Waals surface area contributed by atoms with Gasteiger partial charge in [0.25, 0.3) is 5.91 Å². The summed E-state index contributed by atoms with van der Waals surface area (Å²) in [6, 6.07) is 1.81. The second-order valence-electron chi connectivity index (χ2n) is 2.11. The fourth-order valence-electron chi connectivity index (χ4n) is 0.765. The van der Waals surface area contributed by atoms with Crippen LogP contribution in [0.2, 0.25) is 0 Å². The van der Waals surface area contributed by atoms with Crippen molar-refractivity contribution in [3.05, 3.63) is 11.1 Å². The lowest BCUT2D eigenvalue weighted by atomic mass is 10.1. The summed E-state index contributed by atoms with van der Waals surface area (Å²) >= 11 is 0. The highest BCUT2D eigenvalue weighted by Crippen LogP contribution is 2.14. The Kier molecular flexibility index (Phi) is 1.38. The van der Waals surface area contributed by atoms with Crippen molar-refractivity contribution in [1.82, 2.24) is 0 Å². The number of carbonyl (C=O) groups excluding carboxylic acids is 1. The summed E-state index contributed by atoms with van der Waals surface area (Å²) in [5.41, 5.74) is 1.53. The van der Waals surface area contributed by atoms with Crippen molar-refractivity contribution in [2.24, 2.45) is 4.99 Å². The predicted octanol–water partition coefficient (Wildman–Crippen LogP) is 0.828. The maximum atomic E-state index is 10.8. The number of allylic oxidation sites excluding steroid dienone is 1. The second-order valence-corrected chi connectivity index (χ2v) is 2.11. The van der Waals surface area contributed by atoms with Crippen molar-refractivity contribution in [2.75, 3.05) is 0 Å². The number of aliphatic imine (C=N–C) groups is 1. The average Bonchev–Trinajstić information content (AvgIpc) is 2.09. The summed E-state index contributed by atoms with van der Waals surface area (Å²) in [6.07, 6.45) is 0. The molecule has 10 heavy (non-hydrogen) atoms. The molecule has 0 radical (unpaired) electrons. The van der Waals surface area contributed by atoms with Gasteiger partial charge in [0.15, 0.2) is 0 Å². The molecule has 0 bridgehead atoms. The lowest BCUT2D eigenvalue weighted by molar-refractivity contribution is -0.113. The van der Waals surface area contributed by atoms with E-state index in [1.54, 1.807) is 13.8 Å². The topological polar surface area (TPSA) is 53.2 Å². The zero-order chi connectivity index (χ0) is 7.72. The molecule has 0 unspecified atom stereocenters. The van der Waals surface area contributed by atoms with Crippen LogP contribution in [0.25, 0.3) is 0 Å². The van der Waals surface area contributed by atoms with Crippen molar-refractivity contribution in [3.8, 4) is 6.07 Å². The third-order valence-corrected chi connectivity index (χ3v) is 1.51. The van der Waals surface area contributed by atoms with E-state index in [0.29, 0.717) is 11.3 Å². The Bertz CT molecular complexity index is 291. The number of hydrogen-bond donors (Lipinski definition) is 0. The van der Waals surface area contributed by atoms with Gasteiger partial charge in [-0.3, -0.25) is 4.79 Å². The molecule has 1 heterocycles. The standard InChI is InChI=1S/C7H6N2O/c1-4-5(2)9-7(10)6(4)3-8/h1-2H3. The molecule has 0 aromatic carbocycles. The van der Waals surface area contributed by atoms with Crippen LogP contribution in [-0.4, -0.2) is 11.6 Å². The van der Waals surface area contributed by atoms with E-state index < -0.39 is 5.91 Å². The maximum Gasteiger partial charge on any atom is 0.288 e. The van der Waals surface area contributed by atoms with E-state index in [9.17, 15) is 4.79 Å². The molecular formula is C7H6N2O. The van der Waals surface area contributed by atoms with Crippen LogP contribution >= 0.6 is 0 Å². The summed E-state index contributed by atoms with van der Waals surface area (Å²) in [7, 11) is 0. The highest BCUT2D eigenvalue weighted by molar-refractivity contribution is 6.20. The van der Waals surface area contributed by atoms with Crippen LogP contribution in [-0.2, 0) is 4.79 Å². The van der Waals surface area contributed by atoms with E-state index in [0.717, 1.165) is 0 Å². The molecule has 1 aliphatic heterocycles. The third kappa shape index (κ3) is 0.742. The smallest absolute Gasteiger partial charge is 0.266 e. The van der Waals surface area contributed by atoms with Gasteiger partial charge in [-0.2, -0.15) is 5.26 Å². The van der Waals surface area contributed by atoms with Crippen LogP contribution in [0.5, 0.6) is 0 Å². The monoisotopic (exact) mass is 134 g/mol. The third-order valence-electron chi connectivity index (χ3n) is 1.51. The fraction of sp³-hybridized carbons (Fsp3) is 0.286. The highest BCUT2D eigenvalue weighted by atomic mass is 16.1. The molecule has 1 rings (SSSR count). The van der Waals surface area contributed by atoms with E-state index >= 15 is 0 Å². The Morgan fingerprint density at radius 2 is 2.10 bits per heavy atom. The van der Waals surface area contributed by atoms with Crippen molar-refractivity contribution in [2.45, 2.75) is 13.8 Å². The molecule has 0 saturated carbocycles. The average molecular weight is 134 g/mol. The van der Waals surface area contributed by atoms with Gasteiger partial charge < -0.3 is 0 Å². The molecule has 0 aliphatic carbocycles. The van der Waals surface area contributed by atoms with Gasteiger partial charge in [0, 0.05) is 5.71 Å². The summed E-state index contributed by atoms with van der Waals surface area (Å²) in [5.74, 6) is -0.405. The van der Waals surface area contributed by atoms with Gasteiger partial charge in [-0.15, -0.1) is 0 Å². The van der Waals surface area contributed by atoms with Gasteiger partial charge in [-0.1, -0.05) is 0 Å². The Morgan fingerprint density at radius 1 is 1.50 bits per heavy atom. The highest BCUT2D eigenvalue weighted by Gasteiger charge is 2.19. The van der Waals surface area contributed by atoms with Crippen LogP contribution in [0.1, 0.15) is 13.8 Å². The summed E-state index contributed by atoms with van der Waals surface area (Å²) < 4.78 is 0. The zero-order valence-corrected chi connectivity index (χ0v) is 5.80. The van der Waals surface area contributed by atoms with E-state index in [1.165, 1.54) is 0 Å². The Morgan fingerprint density at radius 3 is 2.30 bits per heavy atom. The first kappa shape index (κ1) is 6.69. The molecule has 3 heteroatoms. The molecule has 0 N–H and O–H groups in total. The minimum Gasteiger partial charge on any atom is -0.266 e. The van der Waals surface area contributed by atoms with E-state index in [-0.39, 0.29) is 5.57 Å². The molecule has 0 saturated heterocycles. The van der Waals surface area contributed by atoms with Gasteiger partial charge in [0.05, 0.1) is 0 Å². The molecule has 1 aliphatic rings. The van der Waals surface area contributed by atoms with Crippen molar-refractivity contribution >= 4 is 11.6 Å². The lowest BCUT2D eigenvalue weighted by Crippen LogP contribution is -1.91. The van der Waals surface area contributed by atoms with E-state index in [1.807, 2.05) is 6.07 Å². The normalized spacial score (nSPS) is 17.3. The largest absolute Gasteiger partial charge is 0.288 e. The number of amides is 1. The van der Waals surface area contributed by atoms with Gasteiger partial charge in [-0.25, -0.2) is 4.99 Å². The SMILES string of the molecule is CC1=NC(=O)C(C#N)=C1C. The molecular weight excluding hydrogens is 128 g/mol. The molecule has 3 nitrogen and oxygen atoms in total. The molecule has 50 valence electrons. The number of rotatable bonds is 0. The zero-order valence-electron chi connectivity index (χ0n) is 5.80. The minimum absolute atomic E-state index is 0.178. The minimum atomic E-state index is -0.405. The lowest BCUT2D eigenvalue weighted by Gasteiger charge is -1.86. The molecule has 0 fully saturated rings. The molecule has 0 aromatic rings. The quantitative estimate of drug-likeness (QED) is 0.492. The van der Waals surface area contributed by atoms with Crippen LogP contribution in [0.3, 0.4) is 0 Å². The van der Waals surface area contributed by atoms with Crippen LogP contribution in [0.15, 0.2) is 16.1 Å². The second kappa shape index (κ2) is 2.07. The van der Waals surface area contributed by atoms with E-state index in [4.69, 9.17) is 5.26 Å². The van der Waals surface area contributed by atoms with Crippen molar-refractivity contribution < 1.29 is 4.79 Å². The first-order valence-electron chi connectivity index (χ1n) is 2.87. The summed E-state index contributed by atoms with van der Waals surface area (Å²) in [6.45, 7) is 3.44.